The fourth-order valence-corrected chi connectivity index (χ4v) is 3.97. The third-order valence-electron chi connectivity index (χ3n) is 3.76. The number of rotatable bonds is 5. The van der Waals surface area contributed by atoms with Gasteiger partial charge in [0.15, 0.2) is 0 Å². The van der Waals surface area contributed by atoms with Gasteiger partial charge in [0.05, 0.1) is 0 Å². The SMILES string of the molecule is O=S(=O)(c1ccc(NCc2ccccc2)nc1)N1CCCC1. The number of nitrogens with one attached hydrogen (secondary N) is 1. The van der Waals surface area contributed by atoms with Gasteiger partial charge in [-0.05, 0) is 30.5 Å². The molecule has 0 spiro atoms. The van der Waals surface area contributed by atoms with Crippen LogP contribution in [0.15, 0.2) is 53.6 Å². The largest absolute Gasteiger partial charge is 0.366 e. The van der Waals surface area contributed by atoms with Crippen LogP contribution in [0.5, 0.6) is 0 Å². The molecule has 0 aliphatic carbocycles. The smallest absolute Gasteiger partial charge is 0.244 e. The summed E-state index contributed by atoms with van der Waals surface area (Å²) < 4.78 is 26.3. The molecular weight excluding hydrogens is 298 g/mol. The molecule has 0 bridgehead atoms. The summed E-state index contributed by atoms with van der Waals surface area (Å²) in [5, 5.41) is 3.19. The van der Waals surface area contributed by atoms with Crippen molar-refractivity contribution in [3.63, 3.8) is 0 Å². The highest BCUT2D eigenvalue weighted by Gasteiger charge is 2.27. The van der Waals surface area contributed by atoms with E-state index in [1.54, 1.807) is 12.1 Å². The number of hydrogen-bond acceptors (Lipinski definition) is 4. The summed E-state index contributed by atoms with van der Waals surface area (Å²) >= 11 is 0. The van der Waals surface area contributed by atoms with E-state index in [4.69, 9.17) is 0 Å². The standard InChI is InChI=1S/C16H19N3O2S/c20-22(21,19-10-4-5-11-19)15-8-9-16(18-13-15)17-12-14-6-2-1-3-7-14/h1-3,6-9,13H,4-5,10-12H2,(H,17,18). The molecule has 6 heteroatoms. The molecule has 1 saturated heterocycles. The zero-order valence-corrected chi connectivity index (χ0v) is 13.1. The van der Waals surface area contributed by atoms with Gasteiger partial charge in [0.25, 0.3) is 0 Å². The zero-order valence-electron chi connectivity index (χ0n) is 12.3. The lowest BCUT2D eigenvalue weighted by Crippen LogP contribution is -2.27. The van der Waals surface area contributed by atoms with Gasteiger partial charge in [-0.2, -0.15) is 4.31 Å². The lowest BCUT2D eigenvalue weighted by molar-refractivity contribution is 0.477. The summed E-state index contributed by atoms with van der Waals surface area (Å²) in [6, 6.07) is 13.3. The Morgan fingerprint density at radius 3 is 2.41 bits per heavy atom. The Morgan fingerprint density at radius 1 is 1.05 bits per heavy atom. The Morgan fingerprint density at radius 2 is 1.77 bits per heavy atom. The second kappa shape index (κ2) is 6.46. The molecule has 1 aromatic carbocycles. The third-order valence-corrected chi connectivity index (χ3v) is 5.64. The van der Waals surface area contributed by atoms with E-state index >= 15 is 0 Å². The highest BCUT2D eigenvalue weighted by molar-refractivity contribution is 7.89. The van der Waals surface area contributed by atoms with Gasteiger partial charge >= 0.3 is 0 Å². The molecule has 0 amide bonds. The minimum atomic E-state index is -3.38. The summed E-state index contributed by atoms with van der Waals surface area (Å²) in [5.74, 6) is 0.671. The van der Waals surface area contributed by atoms with Gasteiger partial charge in [0.1, 0.15) is 10.7 Å². The molecular formula is C16H19N3O2S. The first-order valence-electron chi connectivity index (χ1n) is 7.40. The normalized spacial score (nSPS) is 15.8. The number of hydrogen-bond donors (Lipinski definition) is 1. The average Bonchev–Trinajstić information content (AvgIpc) is 3.10. The van der Waals surface area contributed by atoms with Gasteiger partial charge in [0, 0.05) is 25.8 Å². The van der Waals surface area contributed by atoms with Crippen LogP contribution in [0.3, 0.4) is 0 Å². The summed E-state index contributed by atoms with van der Waals surface area (Å²) in [4.78, 5) is 4.48. The molecule has 1 N–H and O–H groups in total. The van der Waals surface area contributed by atoms with Crippen molar-refractivity contribution in [3.8, 4) is 0 Å². The van der Waals surface area contributed by atoms with Crippen LogP contribution in [0, 0.1) is 0 Å². The van der Waals surface area contributed by atoms with E-state index < -0.39 is 10.0 Å². The molecule has 0 unspecified atom stereocenters. The third kappa shape index (κ3) is 3.28. The van der Waals surface area contributed by atoms with Crippen LogP contribution in [-0.4, -0.2) is 30.8 Å². The number of nitrogens with zero attached hydrogens (tertiary/aromatic N) is 2. The highest BCUT2D eigenvalue weighted by atomic mass is 32.2. The molecule has 22 heavy (non-hydrogen) atoms. The van der Waals surface area contributed by atoms with Gasteiger partial charge in [-0.15, -0.1) is 0 Å². The first kappa shape index (κ1) is 15.0. The maximum atomic E-state index is 12.4. The molecule has 0 atom stereocenters. The van der Waals surface area contributed by atoms with Gasteiger partial charge in [-0.25, -0.2) is 13.4 Å². The van der Waals surface area contributed by atoms with Crippen LogP contribution in [-0.2, 0) is 16.6 Å². The van der Waals surface area contributed by atoms with Crippen LogP contribution < -0.4 is 5.32 Å². The summed E-state index contributed by atoms with van der Waals surface area (Å²) in [6.07, 6.45) is 3.30. The van der Waals surface area contributed by atoms with Gasteiger partial charge < -0.3 is 5.32 Å². The van der Waals surface area contributed by atoms with E-state index in [0.29, 0.717) is 25.5 Å². The Hall–Kier alpha value is -1.92. The minimum absolute atomic E-state index is 0.264. The molecule has 2 heterocycles. The lowest BCUT2D eigenvalue weighted by atomic mass is 10.2. The molecule has 1 aliphatic heterocycles. The second-order valence-corrected chi connectivity index (χ2v) is 7.27. The van der Waals surface area contributed by atoms with Crippen LogP contribution in [0.25, 0.3) is 0 Å². The fourth-order valence-electron chi connectivity index (χ4n) is 2.50. The predicted octanol–water partition coefficient (Wildman–Crippen LogP) is 2.48. The van der Waals surface area contributed by atoms with Crippen molar-refractivity contribution >= 4 is 15.8 Å². The predicted molar refractivity (Wildman–Crippen MR) is 86.0 cm³/mol. The quantitative estimate of drug-likeness (QED) is 0.920. The van der Waals surface area contributed by atoms with E-state index in [2.05, 4.69) is 10.3 Å². The molecule has 1 aromatic heterocycles. The van der Waals surface area contributed by atoms with Crippen molar-refractivity contribution in [1.29, 1.82) is 0 Å². The Bertz CT molecular complexity index is 709. The molecule has 1 aliphatic rings. The van der Waals surface area contributed by atoms with Crippen LogP contribution in [0.4, 0.5) is 5.82 Å². The van der Waals surface area contributed by atoms with E-state index in [0.717, 1.165) is 18.4 Å². The Labute approximate surface area is 131 Å². The maximum absolute atomic E-state index is 12.4. The molecule has 3 rings (SSSR count). The van der Waals surface area contributed by atoms with Crippen molar-refractivity contribution in [2.24, 2.45) is 0 Å². The van der Waals surface area contributed by atoms with Crippen LogP contribution >= 0.6 is 0 Å². The summed E-state index contributed by atoms with van der Waals surface area (Å²) in [7, 11) is -3.38. The van der Waals surface area contributed by atoms with E-state index in [-0.39, 0.29) is 4.90 Å². The van der Waals surface area contributed by atoms with Crippen molar-refractivity contribution in [2.45, 2.75) is 24.3 Å². The van der Waals surface area contributed by atoms with E-state index in [1.165, 1.54) is 10.5 Å². The molecule has 2 aromatic rings. The number of anilines is 1. The van der Waals surface area contributed by atoms with Crippen LogP contribution in [0.1, 0.15) is 18.4 Å². The second-order valence-electron chi connectivity index (χ2n) is 5.33. The first-order chi connectivity index (χ1) is 10.7. The van der Waals surface area contributed by atoms with Crippen molar-refractivity contribution in [2.75, 3.05) is 18.4 Å². The number of benzene rings is 1. The van der Waals surface area contributed by atoms with Crippen molar-refractivity contribution in [3.05, 3.63) is 54.2 Å². The Balaban J connectivity index is 1.67. The number of pyridine rings is 1. The maximum Gasteiger partial charge on any atom is 0.244 e. The fraction of sp³-hybridized carbons (Fsp3) is 0.312. The average molecular weight is 317 g/mol. The molecule has 0 saturated carbocycles. The van der Waals surface area contributed by atoms with E-state index in [9.17, 15) is 8.42 Å². The topological polar surface area (TPSA) is 62.3 Å². The zero-order chi connectivity index (χ0) is 15.4. The highest BCUT2D eigenvalue weighted by Crippen LogP contribution is 2.21. The molecule has 0 radical (unpaired) electrons. The van der Waals surface area contributed by atoms with Crippen molar-refractivity contribution < 1.29 is 8.42 Å². The monoisotopic (exact) mass is 317 g/mol. The minimum Gasteiger partial charge on any atom is -0.366 e. The number of aromatic nitrogens is 1. The number of sulfonamides is 1. The summed E-state index contributed by atoms with van der Waals surface area (Å²) in [6.45, 7) is 1.87. The Kier molecular flexibility index (Phi) is 4.40. The molecule has 5 nitrogen and oxygen atoms in total. The summed E-state index contributed by atoms with van der Waals surface area (Å²) in [5.41, 5.74) is 1.15. The van der Waals surface area contributed by atoms with Gasteiger partial charge in [-0.3, -0.25) is 0 Å². The first-order valence-corrected chi connectivity index (χ1v) is 8.84. The van der Waals surface area contributed by atoms with Gasteiger partial charge in [0.2, 0.25) is 10.0 Å². The molecule has 1 fully saturated rings. The molecule has 116 valence electrons. The van der Waals surface area contributed by atoms with Gasteiger partial charge in [-0.1, -0.05) is 30.3 Å². The van der Waals surface area contributed by atoms with Crippen molar-refractivity contribution in [1.82, 2.24) is 9.29 Å². The lowest BCUT2D eigenvalue weighted by Gasteiger charge is -2.15. The van der Waals surface area contributed by atoms with Crippen LogP contribution in [0.2, 0.25) is 0 Å². The van der Waals surface area contributed by atoms with E-state index in [1.807, 2.05) is 30.3 Å².